The molecule has 0 bridgehead atoms. The zero-order chi connectivity index (χ0) is 11.4. The molecule has 0 saturated heterocycles. The van der Waals surface area contributed by atoms with E-state index in [2.05, 4.69) is 0 Å². The number of rotatable bonds is 4. The number of aromatic nitrogens is 1. The van der Waals surface area contributed by atoms with Crippen molar-refractivity contribution in [3.63, 3.8) is 0 Å². The maximum Gasteiger partial charge on any atom is 0.273 e. The fourth-order valence-corrected chi connectivity index (χ4v) is 1.41. The Morgan fingerprint density at radius 3 is 2.87 bits per heavy atom. The molecule has 1 aromatic rings. The van der Waals surface area contributed by atoms with Crippen molar-refractivity contribution < 1.29 is 5.11 Å². The van der Waals surface area contributed by atoms with Gasteiger partial charge in [0.1, 0.15) is 0 Å². The van der Waals surface area contributed by atoms with Gasteiger partial charge in [-0.1, -0.05) is 0 Å². The molecule has 15 heavy (non-hydrogen) atoms. The van der Waals surface area contributed by atoms with E-state index in [1.807, 2.05) is 19.0 Å². The minimum absolute atomic E-state index is 0.203. The van der Waals surface area contributed by atoms with Crippen molar-refractivity contribution in [1.82, 2.24) is 9.47 Å². The lowest BCUT2D eigenvalue weighted by Gasteiger charge is -2.16. The van der Waals surface area contributed by atoms with Gasteiger partial charge in [0.2, 0.25) is 0 Å². The van der Waals surface area contributed by atoms with Crippen LogP contribution in [0, 0.1) is 0 Å². The van der Waals surface area contributed by atoms with Gasteiger partial charge < -0.3 is 20.3 Å². The summed E-state index contributed by atoms with van der Waals surface area (Å²) in [5, 5.41) is 9.65. The highest BCUT2D eigenvalue weighted by Gasteiger charge is 2.08. The molecule has 0 spiro atoms. The van der Waals surface area contributed by atoms with E-state index in [0.717, 1.165) is 0 Å². The summed E-state index contributed by atoms with van der Waals surface area (Å²) in [6, 6.07) is 3.25. The molecule has 0 radical (unpaired) electrons. The summed E-state index contributed by atoms with van der Waals surface area (Å²) in [4.78, 5) is 13.4. The van der Waals surface area contributed by atoms with Gasteiger partial charge in [-0.05, 0) is 26.2 Å². The molecule has 1 aromatic heterocycles. The van der Waals surface area contributed by atoms with Crippen molar-refractivity contribution in [2.75, 3.05) is 26.4 Å². The van der Waals surface area contributed by atoms with Crippen LogP contribution in [0.1, 0.15) is 0 Å². The SMILES string of the molecule is CN(C)CC(O)Cn1cccc(N)c1=O. The molecule has 5 nitrogen and oxygen atoms in total. The molecule has 0 amide bonds. The van der Waals surface area contributed by atoms with Crippen molar-refractivity contribution in [2.24, 2.45) is 0 Å². The van der Waals surface area contributed by atoms with Crippen molar-refractivity contribution in [1.29, 1.82) is 0 Å². The molecule has 1 heterocycles. The monoisotopic (exact) mass is 211 g/mol. The number of aliphatic hydroxyl groups is 1. The van der Waals surface area contributed by atoms with Crippen LogP contribution in [0.4, 0.5) is 5.69 Å². The first-order chi connectivity index (χ1) is 7.00. The van der Waals surface area contributed by atoms with Crippen LogP contribution >= 0.6 is 0 Å². The van der Waals surface area contributed by atoms with E-state index >= 15 is 0 Å². The molecule has 0 aliphatic carbocycles. The average molecular weight is 211 g/mol. The molecule has 3 N–H and O–H groups in total. The minimum atomic E-state index is -0.570. The molecular formula is C10H17N3O2. The number of aliphatic hydroxyl groups excluding tert-OH is 1. The van der Waals surface area contributed by atoms with Crippen LogP contribution < -0.4 is 11.3 Å². The third kappa shape index (κ3) is 3.38. The van der Waals surface area contributed by atoms with Crippen LogP contribution in [-0.2, 0) is 6.54 Å². The molecule has 0 saturated carbocycles. The number of nitrogen functional groups attached to an aromatic ring is 1. The summed E-state index contributed by atoms with van der Waals surface area (Å²) in [6.07, 6.45) is 1.05. The van der Waals surface area contributed by atoms with Crippen LogP contribution in [0.3, 0.4) is 0 Å². The lowest BCUT2D eigenvalue weighted by atomic mass is 10.3. The van der Waals surface area contributed by atoms with E-state index in [0.29, 0.717) is 6.54 Å². The van der Waals surface area contributed by atoms with E-state index in [9.17, 15) is 9.90 Å². The quantitative estimate of drug-likeness (QED) is 0.694. The van der Waals surface area contributed by atoms with E-state index in [1.165, 1.54) is 4.57 Å². The van der Waals surface area contributed by atoms with Gasteiger partial charge in [0, 0.05) is 12.7 Å². The predicted molar refractivity (Wildman–Crippen MR) is 59.7 cm³/mol. The first-order valence-corrected chi connectivity index (χ1v) is 4.78. The van der Waals surface area contributed by atoms with Gasteiger partial charge in [-0.15, -0.1) is 0 Å². The largest absolute Gasteiger partial charge is 0.394 e. The molecule has 1 rings (SSSR count). The maximum atomic E-state index is 11.5. The van der Waals surface area contributed by atoms with E-state index in [1.54, 1.807) is 18.3 Å². The first kappa shape index (κ1) is 11.7. The second-order valence-electron chi connectivity index (χ2n) is 3.84. The lowest BCUT2D eigenvalue weighted by molar-refractivity contribution is 0.118. The topological polar surface area (TPSA) is 71.5 Å². The zero-order valence-electron chi connectivity index (χ0n) is 9.05. The van der Waals surface area contributed by atoms with Crippen LogP contribution in [0.15, 0.2) is 23.1 Å². The Bertz CT molecular complexity index is 373. The summed E-state index contributed by atoms with van der Waals surface area (Å²) in [5.74, 6) is 0. The van der Waals surface area contributed by atoms with Crippen LogP contribution in [0.25, 0.3) is 0 Å². The molecule has 84 valence electrons. The molecule has 0 fully saturated rings. The Labute approximate surface area is 88.7 Å². The normalized spacial score (nSPS) is 13.1. The average Bonchev–Trinajstić information content (AvgIpc) is 2.11. The number of pyridine rings is 1. The van der Waals surface area contributed by atoms with Crippen molar-refractivity contribution in [3.05, 3.63) is 28.7 Å². The highest BCUT2D eigenvalue weighted by Crippen LogP contribution is 1.95. The molecule has 0 aliphatic heterocycles. The third-order valence-corrected chi connectivity index (χ3v) is 2.03. The van der Waals surface area contributed by atoms with Crippen molar-refractivity contribution in [3.8, 4) is 0 Å². The fourth-order valence-electron chi connectivity index (χ4n) is 1.41. The summed E-state index contributed by atoms with van der Waals surface area (Å²) in [7, 11) is 3.73. The standard InChI is InChI=1S/C10H17N3O2/c1-12(2)6-8(14)7-13-5-3-4-9(11)10(13)15/h3-5,8,14H,6-7,11H2,1-2H3. The Hall–Kier alpha value is -1.33. The van der Waals surface area contributed by atoms with Gasteiger partial charge in [0.15, 0.2) is 0 Å². The number of nitrogens with two attached hydrogens (primary N) is 1. The van der Waals surface area contributed by atoms with Crippen LogP contribution in [0.5, 0.6) is 0 Å². The number of hydrogen-bond acceptors (Lipinski definition) is 4. The molecule has 0 aromatic carbocycles. The van der Waals surface area contributed by atoms with E-state index in [-0.39, 0.29) is 17.8 Å². The molecule has 5 heteroatoms. The van der Waals surface area contributed by atoms with Gasteiger partial charge in [0.05, 0.1) is 18.3 Å². The van der Waals surface area contributed by atoms with Crippen molar-refractivity contribution >= 4 is 5.69 Å². The number of anilines is 1. The van der Waals surface area contributed by atoms with Gasteiger partial charge in [-0.2, -0.15) is 0 Å². The van der Waals surface area contributed by atoms with Crippen molar-refractivity contribution in [2.45, 2.75) is 12.6 Å². The first-order valence-electron chi connectivity index (χ1n) is 4.78. The second kappa shape index (κ2) is 4.95. The Morgan fingerprint density at radius 1 is 1.60 bits per heavy atom. The summed E-state index contributed by atoms with van der Waals surface area (Å²) < 4.78 is 1.42. The second-order valence-corrected chi connectivity index (χ2v) is 3.84. The fraction of sp³-hybridized carbons (Fsp3) is 0.500. The maximum absolute atomic E-state index is 11.5. The van der Waals surface area contributed by atoms with Crippen LogP contribution in [-0.4, -0.2) is 41.3 Å². The number of hydrogen-bond donors (Lipinski definition) is 2. The smallest absolute Gasteiger partial charge is 0.273 e. The summed E-state index contributed by atoms with van der Waals surface area (Å²) in [5.41, 5.74) is 5.42. The van der Waals surface area contributed by atoms with E-state index < -0.39 is 6.10 Å². The minimum Gasteiger partial charge on any atom is -0.394 e. The van der Waals surface area contributed by atoms with Gasteiger partial charge in [0.25, 0.3) is 5.56 Å². The molecular weight excluding hydrogens is 194 g/mol. The molecule has 1 atom stereocenters. The number of likely N-dealkylation sites (N-methyl/N-ethyl adjacent to an activating group) is 1. The highest BCUT2D eigenvalue weighted by atomic mass is 16.3. The number of nitrogens with zero attached hydrogens (tertiary/aromatic N) is 2. The Morgan fingerprint density at radius 2 is 2.27 bits per heavy atom. The Kier molecular flexibility index (Phi) is 3.88. The third-order valence-electron chi connectivity index (χ3n) is 2.03. The lowest BCUT2D eigenvalue weighted by Crippen LogP contribution is -2.33. The summed E-state index contributed by atoms with van der Waals surface area (Å²) >= 11 is 0. The summed E-state index contributed by atoms with van der Waals surface area (Å²) in [6.45, 7) is 0.781. The Balaban J connectivity index is 2.73. The van der Waals surface area contributed by atoms with Crippen LogP contribution in [0.2, 0.25) is 0 Å². The zero-order valence-corrected chi connectivity index (χ0v) is 9.05. The van der Waals surface area contributed by atoms with Gasteiger partial charge in [-0.25, -0.2) is 0 Å². The van der Waals surface area contributed by atoms with Gasteiger partial charge in [-0.3, -0.25) is 4.79 Å². The van der Waals surface area contributed by atoms with E-state index in [4.69, 9.17) is 5.73 Å². The predicted octanol–water partition coefficient (Wildman–Crippen LogP) is -0.647. The molecule has 1 unspecified atom stereocenters. The van der Waals surface area contributed by atoms with Gasteiger partial charge >= 0.3 is 0 Å². The molecule has 0 aliphatic rings. The highest BCUT2D eigenvalue weighted by molar-refractivity contribution is 5.33.